The van der Waals surface area contributed by atoms with Crippen LogP contribution >= 0.6 is 0 Å². The number of phenols is 6. The van der Waals surface area contributed by atoms with Crippen LogP contribution in [-0.4, -0.2) is 296 Å². The lowest BCUT2D eigenvalue weighted by Crippen LogP contribution is -2.54. The number of benzene rings is 6. The Morgan fingerprint density at radius 2 is 0.812 bits per heavy atom. The molecule has 133 heavy (non-hydrogen) atoms. The summed E-state index contributed by atoms with van der Waals surface area (Å²) < 4.78 is 62.0. The van der Waals surface area contributed by atoms with E-state index in [1.165, 1.54) is 89.8 Å². The van der Waals surface area contributed by atoms with E-state index in [1.54, 1.807) is 20.8 Å². The Balaban J connectivity index is 0.000000162. The summed E-state index contributed by atoms with van der Waals surface area (Å²) in [6.07, 6.45) is -11.2. The molecule has 0 amide bonds. The summed E-state index contributed by atoms with van der Waals surface area (Å²) in [5.74, 6) is -12.7. The summed E-state index contributed by atoms with van der Waals surface area (Å²) in [6.45, 7) is 5.10. The number of aliphatic hydroxyl groups excluding tert-OH is 6. The maximum absolute atomic E-state index is 13.9. The third-order valence-corrected chi connectivity index (χ3v) is 26.2. The fourth-order valence-electron chi connectivity index (χ4n) is 19.5. The lowest BCUT2D eigenvalue weighted by molar-refractivity contribution is -0.256. The van der Waals surface area contributed by atoms with E-state index in [4.69, 9.17) is 57.8 Å². The van der Waals surface area contributed by atoms with Crippen molar-refractivity contribution in [1.29, 1.82) is 0 Å². The number of nitrogens with one attached hydrogen (secondary N) is 1. The maximum Gasteiger partial charge on any atom is 0.305 e. The number of rotatable bonds is 23. The molecule has 0 saturated carbocycles. The van der Waals surface area contributed by atoms with E-state index in [0.717, 1.165) is 6.42 Å². The van der Waals surface area contributed by atoms with Gasteiger partial charge in [0.05, 0.1) is 126 Å². The van der Waals surface area contributed by atoms with Crippen LogP contribution in [0, 0.1) is 0 Å². The molecule has 12 unspecified atom stereocenters. The molecule has 4 aliphatic heterocycles. The molecule has 0 aromatic heterocycles. The molecule has 4 heterocycles. The number of phenolic OH excluding ortho intramolecular Hbond substituents is 6. The second-order valence-electron chi connectivity index (χ2n) is 34.5. The molecule has 6 aliphatic carbocycles. The van der Waals surface area contributed by atoms with Crippen molar-refractivity contribution in [1.82, 2.24) is 10.2 Å². The fraction of sp³-hybridized carbons (Fsp3) is 0.473. The Morgan fingerprint density at radius 1 is 0.474 bits per heavy atom. The van der Waals surface area contributed by atoms with Gasteiger partial charge < -0.3 is 145 Å². The first-order valence-electron chi connectivity index (χ1n) is 43.0. The van der Waals surface area contributed by atoms with Gasteiger partial charge in [-0.2, -0.15) is 0 Å². The number of ketones is 9. The van der Waals surface area contributed by atoms with Crippen LogP contribution < -0.4 is 25.3 Å². The van der Waals surface area contributed by atoms with Crippen molar-refractivity contribution in [2.24, 2.45) is 5.73 Å². The largest absolute Gasteiger partial charge is 0.507 e. The van der Waals surface area contributed by atoms with Crippen LogP contribution in [0.5, 0.6) is 51.7 Å². The number of hydrogen-bond donors (Lipinski definition) is 17. The van der Waals surface area contributed by atoms with E-state index in [1.807, 2.05) is 17.2 Å². The smallest absolute Gasteiger partial charge is 0.305 e. The standard InChI is InChI=1S/C35H41NO15.C31H33NO11.C27H29NO11/c1-15-30(41)20(36-10-6-9-24(49-16(2)38)50-17(3)39)11-25(48-15)51-22-13-35(46,23(40)14-37)12-19-27(22)34(45)29-28(32(19)43)31(42)18-7-5-8-21(47-4)26(18)33(29)44;1-14-26(35)17(32-8-3-4-9-32)10-21(42-14)43-19-12-31(40,20(34)13-33)11-16-23(19)30(39)25-24(28(16)37)27(36)15-6-5-7-18(41-2)22(15)29(25)38;1-10-22(31)13(28)6-17(38-10)39-15-8-27(36,16(30)9-29)7-12-19(15)26(35)21-20(24(12)33)23(32)11-4-3-5-14(37-2)18(11)25(21)34/h5,7-8,15,20,22,24-25,30,36-37,41,43,45-46H,6,9-14H2,1-4H3;3,5-8,14,17,19,21,26,33,35,37,39-40H,4,9-13H2,1-2H3;3-5,10,13,15,17,22,29,31,33,35-36H,6-9,28H2,1-2H3/t15?,20?,22-,25?,30?,35-;14?,17?,19-,21?,26?,31-;10?,13?,15-,17?,22?,27-/m000/s1. The number of aliphatic hydroxyl groups is 9. The van der Waals surface area contributed by atoms with Crippen LogP contribution in [0.25, 0.3) is 0 Å². The van der Waals surface area contributed by atoms with Gasteiger partial charge in [0.15, 0.2) is 53.6 Å². The monoisotopic (exact) mass is 1850 g/mol. The number of hydrogen-bond acceptors (Lipinski definition) is 40. The van der Waals surface area contributed by atoms with Crippen LogP contribution in [0.1, 0.15) is 240 Å². The highest BCUT2D eigenvalue weighted by atomic mass is 16.7. The van der Waals surface area contributed by atoms with E-state index in [0.29, 0.717) is 13.0 Å². The number of Topliss-reactive ketones (excluding diaryl/α,β-unsaturated/α-hetero) is 3. The van der Waals surface area contributed by atoms with E-state index >= 15 is 0 Å². The van der Waals surface area contributed by atoms with E-state index in [-0.39, 0.29) is 122 Å². The lowest BCUT2D eigenvalue weighted by Gasteiger charge is -2.44. The van der Waals surface area contributed by atoms with Gasteiger partial charge in [-0.3, -0.25) is 52.7 Å². The minimum Gasteiger partial charge on any atom is -0.507 e. The highest BCUT2D eigenvalue weighted by molar-refractivity contribution is 6.33. The van der Waals surface area contributed by atoms with Crippen molar-refractivity contribution >= 4 is 64.0 Å². The highest BCUT2D eigenvalue weighted by Gasteiger charge is 2.56. The number of carbonyl (C=O) groups excluding carboxylic acids is 11. The van der Waals surface area contributed by atoms with Gasteiger partial charge in [-0.1, -0.05) is 42.5 Å². The number of ether oxygens (including phenoxy) is 11. The van der Waals surface area contributed by atoms with Gasteiger partial charge in [0.2, 0.25) is 23.6 Å². The molecule has 18 atom stereocenters. The van der Waals surface area contributed by atoms with E-state index < -0.39 is 299 Å². The average molecular weight is 1850 g/mol. The van der Waals surface area contributed by atoms with Crippen LogP contribution in [0.4, 0.5) is 0 Å². The second-order valence-corrected chi connectivity index (χ2v) is 34.5. The summed E-state index contributed by atoms with van der Waals surface area (Å²) >= 11 is 0. The first kappa shape index (κ1) is 97.4. The average Bonchev–Trinajstić information content (AvgIpc) is 0.846. The van der Waals surface area contributed by atoms with Crippen molar-refractivity contribution in [3.8, 4) is 51.7 Å². The molecule has 18 N–H and O–H groups in total. The SMILES string of the molecule is COc1cccc2c1C(=O)c1c(O)c3c(c(O)c1C2=O)C[C@@](O)(C(=O)CO)C[C@@H]3OC1CC(N)C(O)C(C)O1.COc1cccc2c1C(=O)c1c(O)c3c(c(O)c1C2=O)C[C@@](O)(C(=O)CO)C[C@@H]3OC1CC(N2C=CCC2)C(O)C(C)O1.COc1cccc2c1C(=O)c1c(O)c3c(c(O)c1C2=O)C[C@@](O)(C(=O)CO)C[C@@H]3OC1CC(NCCCC(OC(C)=O)OC(C)=O)C(O)C(C)O1. The minimum atomic E-state index is -2.31. The Bertz CT molecular complexity index is 5740. The Labute approximate surface area is 757 Å². The molecule has 16 rings (SSSR count). The fourth-order valence-corrected chi connectivity index (χ4v) is 19.5. The van der Waals surface area contributed by atoms with Gasteiger partial charge in [0, 0.05) is 147 Å². The third-order valence-electron chi connectivity index (χ3n) is 26.2. The quantitative estimate of drug-likeness (QED) is 0.0189. The molecule has 0 spiro atoms. The van der Waals surface area contributed by atoms with Gasteiger partial charge >= 0.3 is 11.9 Å². The highest BCUT2D eigenvalue weighted by Crippen LogP contribution is 2.58. The number of esters is 2. The molecule has 10 aliphatic rings. The number of fused-ring (bicyclic) bond motifs is 9. The normalized spacial score (nSPS) is 28.1. The lowest BCUT2D eigenvalue weighted by atomic mass is 9.72. The minimum absolute atomic E-state index is 0.000705. The molecule has 3 fully saturated rings. The number of nitrogens with two attached hydrogens (primary N) is 1. The zero-order valence-electron chi connectivity index (χ0n) is 73.3. The number of nitrogens with zero attached hydrogens (tertiary/aromatic N) is 1. The van der Waals surface area contributed by atoms with Crippen LogP contribution in [0.2, 0.25) is 0 Å². The predicted octanol–water partition coefficient (Wildman–Crippen LogP) is 2.13. The Hall–Kier alpha value is -11.6. The molecule has 0 radical (unpaired) electrons. The Morgan fingerprint density at radius 3 is 1.14 bits per heavy atom. The molecule has 6 aromatic carbocycles. The predicted molar refractivity (Wildman–Crippen MR) is 452 cm³/mol. The van der Waals surface area contributed by atoms with Crippen molar-refractivity contribution in [3.63, 3.8) is 0 Å². The molecular formula is C93H103N3O37. The summed E-state index contributed by atoms with van der Waals surface area (Å²) in [5, 5.41) is 167. The summed E-state index contributed by atoms with van der Waals surface area (Å²) in [6, 6.07) is 11.3. The van der Waals surface area contributed by atoms with Gasteiger partial charge in [-0.15, -0.1) is 0 Å². The van der Waals surface area contributed by atoms with Gasteiger partial charge in [-0.05, 0) is 64.6 Å². The van der Waals surface area contributed by atoms with Gasteiger partial charge in [-0.25, -0.2) is 0 Å². The summed E-state index contributed by atoms with van der Waals surface area (Å²) in [5.41, 5.74) is -5.04. The maximum atomic E-state index is 13.9. The van der Waals surface area contributed by atoms with Gasteiger partial charge in [0.25, 0.3) is 0 Å². The Kier molecular flexibility index (Phi) is 28.1. The molecular weight excluding hydrogens is 1750 g/mol. The first-order valence-corrected chi connectivity index (χ1v) is 43.0. The topological polar surface area (TPSA) is 634 Å². The molecule has 712 valence electrons. The number of carbonyl (C=O) groups is 11. The molecule has 40 heteroatoms. The zero-order valence-corrected chi connectivity index (χ0v) is 73.3. The number of aromatic hydroxyl groups is 6. The summed E-state index contributed by atoms with van der Waals surface area (Å²) in [4.78, 5) is 145. The third kappa shape index (κ3) is 17.7. The van der Waals surface area contributed by atoms with Crippen molar-refractivity contribution < 1.29 is 181 Å². The van der Waals surface area contributed by atoms with Crippen LogP contribution in [0.3, 0.4) is 0 Å². The van der Waals surface area contributed by atoms with E-state index in [2.05, 4.69) is 5.32 Å². The van der Waals surface area contributed by atoms with Crippen molar-refractivity contribution in [2.45, 2.75) is 227 Å². The van der Waals surface area contributed by atoms with E-state index in [9.17, 15) is 129 Å². The first-order chi connectivity index (χ1) is 63.0. The molecule has 0 bridgehead atoms. The van der Waals surface area contributed by atoms with Crippen molar-refractivity contribution in [2.75, 3.05) is 54.2 Å². The molecule has 40 nitrogen and oxygen atoms in total. The van der Waals surface area contributed by atoms with Crippen LogP contribution in [-0.2, 0) is 81.1 Å². The summed E-state index contributed by atoms with van der Waals surface area (Å²) in [7, 11) is 3.97. The number of methoxy groups -OCH3 is 3. The second kappa shape index (κ2) is 38.4. The zero-order chi connectivity index (χ0) is 96.5. The van der Waals surface area contributed by atoms with Gasteiger partial charge in [0.1, 0.15) is 94.5 Å². The van der Waals surface area contributed by atoms with Crippen LogP contribution in [0.15, 0.2) is 66.9 Å². The van der Waals surface area contributed by atoms with Crippen molar-refractivity contribution in [3.05, 3.63) is 167 Å². The molecule has 6 aromatic rings. The molecule has 3 saturated heterocycles.